The van der Waals surface area contributed by atoms with Crippen LogP contribution < -0.4 is 5.56 Å². The van der Waals surface area contributed by atoms with Gasteiger partial charge in [-0.3, -0.25) is 9.48 Å². The van der Waals surface area contributed by atoms with Crippen LogP contribution in [0.15, 0.2) is 4.79 Å². The topological polar surface area (TPSA) is 53.9 Å². The molecule has 0 aromatic carbocycles. The Bertz CT molecular complexity index is 883. The fraction of sp³-hybridized carbons (Fsp3) is 0.667. The lowest BCUT2D eigenvalue weighted by molar-refractivity contribution is -0.137. The average molecular weight is 368 g/mol. The first kappa shape index (κ1) is 17.6. The number of nitrogens with one attached hydrogen (secondary N) is 1. The fourth-order valence-corrected chi connectivity index (χ4v) is 4.43. The van der Waals surface area contributed by atoms with Gasteiger partial charge in [-0.2, -0.15) is 18.3 Å². The summed E-state index contributed by atoms with van der Waals surface area (Å²) in [6, 6.07) is 0. The van der Waals surface area contributed by atoms with Gasteiger partial charge < -0.3 is 9.88 Å². The molecule has 0 radical (unpaired) electrons. The van der Waals surface area contributed by atoms with Crippen LogP contribution in [0.1, 0.15) is 48.4 Å². The summed E-state index contributed by atoms with van der Waals surface area (Å²) in [6.07, 6.45) is -0.345. The Morgan fingerprint density at radius 1 is 1.23 bits per heavy atom. The number of alkyl halides is 3. The number of rotatable bonds is 3. The van der Waals surface area contributed by atoms with E-state index in [2.05, 4.69) is 10.1 Å². The third-order valence-corrected chi connectivity index (χ3v) is 5.72. The van der Waals surface area contributed by atoms with E-state index in [0.717, 1.165) is 60.0 Å². The van der Waals surface area contributed by atoms with Crippen LogP contribution in [-0.4, -0.2) is 45.5 Å². The second-order valence-electron chi connectivity index (χ2n) is 7.50. The van der Waals surface area contributed by atoms with E-state index in [4.69, 9.17) is 0 Å². The number of H-pyrrole nitrogens is 1. The largest absolute Gasteiger partial charge is 0.390 e. The standard InChI is InChI=1S/C18H23F3N4O/c1-24-16-14(12-4-2-3-5-13(12)17(26)22-16)15(23-24)11-6-8-25(10-11)9-7-18(19,20)21/h11H,2-10H2,1H3,(H,22,26)/t11-/m0/s1. The van der Waals surface area contributed by atoms with Crippen molar-refractivity contribution < 1.29 is 13.2 Å². The van der Waals surface area contributed by atoms with Crippen LogP contribution in [0.4, 0.5) is 13.2 Å². The Kier molecular flexibility index (Phi) is 4.33. The minimum absolute atomic E-state index is 0.0278. The molecule has 1 aliphatic heterocycles. The molecule has 4 rings (SSSR count). The van der Waals surface area contributed by atoms with Crippen molar-refractivity contribution in [3.8, 4) is 0 Å². The van der Waals surface area contributed by atoms with Gasteiger partial charge in [0.2, 0.25) is 0 Å². The van der Waals surface area contributed by atoms with Crippen molar-refractivity contribution in [1.82, 2.24) is 19.7 Å². The van der Waals surface area contributed by atoms with Gasteiger partial charge in [-0.05, 0) is 44.2 Å². The highest BCUT2D eigenvalue weighted by molar-refractivity contribution is 5.84. The summed E-state index contributed by atoms with van der Waals surface area (Å²) in [4.78, 5) is 17.2. The lowest BCUT2D eigenvalue weighted by Crippen LogP contribution is -2.26. The molecule has 2 aromatic rings. The van der Waals surface area contributed by atoms with Crippen LogP contribution in [0.25, 0.3) is 11.0 Å². The van der Waals surface area contributed by atoms with Gasteiger partial charge in [0.1, 0.15) is 5.65 Å². The molecule has 26 heavy (non-hydrogen) atoms. The summed E-state index contributed by atoms with van der Waals surface area (Å²) in [5.41, 5.74) is 3.61. The summed E-state index contributed by atoms with van der Waals surface area (Å²) in [6.45, 7) is 1.29. The summed E-state index contributed by atoms with van der Waals surface area (Å²) >= 11 is 0. The molecule has 1 aliphatic carbocycles. The molecular formula is C18H23F3N4O. The van der Waals surface area contributed by atoms with Crippen LogP contribution in [0, 0.1) is 0 Å². The molecule has 2 aliphatic rings. The highest BCUT2D eigenvalue weighted by Crippen LogP contribution is 2.35. The molecule has 142 valence electrons. The molecule has 0 amide bonds. The normalized spacial score (nSPS) is 21.5. The Balaban J connectivity index is 1.66. The van der Waals surface area contributed by atoms with E-state index < -0.39 is 12.6 Å². The third-order valence-electron chi connectivity index (χ3n) is 5.72. The maximum atomic E-state index is 12.5. The van der Waals surface area contributed by atoms with E-state index in [1.807, 2.05) is 11.9 Å². The molecule has 1 N–H and O–H groups in total. The molecular weight excluding hydrogens is 345 g/mol. The maximum Gasteiger partial charge on any atom is 0.390 e. The van der Waals surface area contributed by atoms with Gasteiger partial charge in [0.05, 0.1) is 12.1 Å². The summed E-state index contributed by atoms with van der Waals surface area (Å²) in [5.74, 6) is 0.115. The van der Waals surface area contributed by atoms with Crippen molar-refractivity contribution in [2.24, 2.45) is 7.05 Å². The molecule has 2 aromatic heterocycles. The molecule has 3 heterocycles. The van der Waals surface area contributed by atoms with E-state index in [-0.39, 0.29) is 18.0 Å². The third kappa shape index (κ3) is 3.15. The molecule has 1 atom stereocenters. The number of hydrogen-bond donors (Lipinski definition) is 1. The van der Waals surface area contributed by atoms with Crippen molar-refractivity contribution >= 4 is 11.0 Å². The Morgan fingerprint density at radius 2 is 1.96 bits per heavy atom. The number of nitrogens with zero attached hydrogens (tertiary/aromatic N) is 3. The van der Waals surface area contributed by atoms with E-state index in [9.17, 15) is 18.0 Å². The number of aryl methyl sites for hydroxylation is 2. The SMILES string of the molecule is Cn1nc([C@H]2CCN(CCC(F)(F)F)C2)c2c3c(c(=O)[nH]c21)CCCC3. The number of halogens is 3. The smallest absolute Gasteiger partial charge is 0.307 e. The first-order valence-electron chi connectivity index (χ1n) is 9.23. The number of pyridine rings is 1. The first-order chi connectivity index (χ1) is 12.3. The van der Waals surface area contributed by atoms with E-state index in [0.29, 0.717) is 13.1 Å². The van der Waals surface area contributed by atoms with Crippen LogP contribution >= 0.6 is 0 Å². The van der Waals surface area contributed by atoms with E-state index in [1.54, 1.807) is 4.68 Å². The number of aromatic amines is 1. The Labute approximate surface area is 149 Å². The molecule has 5 nitrogen and oxygen atoms in total. The van der Waals surface area contributed by atoms with Crippen molar-refractivity contribution in [1.29, 1.82) is 0 Å². The van der Waals surface area contributed by atoms with Crippen LogP contribution in [0.5, 0.6) is 0 Å². The highest BCUT2D eigenvalue weighted by Gasteiger charge is 2.33. The number of hydrogen-bond acceptors (Lipinski definition) is 3. The van der Waals surface area contributed by atoms with Crippen molar-refractivity contribution in [2.75, 3.05) is 19.6 Å². The minimum atomic E-state index is -4.12. The molecule has 8 heteroatoms. The molecule has 0 unspecified atom stereocenters. The highest BCUT2D eigenvalue weighted by atomic mass is 19.4. The fourth-order valence-electron chi connectivity index (χ4n) is 4.43. The minimum Gasteiger partial charge on any atom is -0.307 e. The Morgan fingerprint density at radius 3 is 2.69 bits per heavy atom. The molecule has 1 fully saturated rings. The van der Waals surface area contributed by atoms with Gasteiger partial charge in [0.25, 0.3) is 5.56 Å². The lowest BCUT2D eigenvalue weighted by Gasteiger charge is -2.18. The predicted molar refractivity (Wildman–Crippen MR) is 92.4 cm³/mol. The van der Waals surface area contributed by atoms with Gasteiger partial charge in [-0.25, -0.2) is 0 Å². The Hall–Kier alpha value is -1.83. The number of likely N-dealkylation sites (tertiary alicyclic amines) is 1. The summed E-state index contributed by atoms with van der Waals surface area (Å²) in [7, 11) is 1.81. The monoisotopic (exact) mass is 368 g/mol. The molecule has 1 saturated heterocycles. The summed E-state index contributed by atoms with van der Waals surface area (Å²) < 4.78 is 39.2. The van der Waals surface area contributed by atoms with Crippen molar-refractivity contribution in [3.63, 3.8) is 0 Å². The van der Waals surface area contributed by atoms with Crippen LogP contribution in [-0.2, 0) is 19.9 Å². The van der Waals surface area contributed by atoms with Crippen LogP contribution in [0.3, 0.4) is 0 Å². The maximum absolute atomic E-state index is 12.5. The van der Waals surface area contributed by atoms with Gasteiger partial charge in [-0.15, -0.1) is 0 Å². The lowest BCUT2D eigenvalue weighted by atomic mass is 9.88. The molecule has 0 spiro atoms. The van der Waals surface area contributed by atoms with Gasteiger partial charge in [-0.1, -0.05) is 0 Å². The van der Waals surface area contributed by atoms with Crippen molar-refractivity contribution in [2.45, 2.75) is 50.6 Å². The molecule has 0 bridgehead atoms. The zero-order valence-electron chi connectivity index (χ0n) is 14.8. The van der Waals surface area contributed by atoms with Gasteiger partial charge >= 0.3 is 6.18 Å². The second kappa shape index (κ2) is 6.40. The zero-order chi connectivity index (χ0) is 18.5. The van der Waals surface area contributed by atoms with E-state index >= 15 is 0 Å². The van der Waals surface area contributed by atoms with Crippen molar-refractivity contribution in [3.05, 3.63) is 27.2 Å². The quantitative estimate of drug-likeness (QED) is 0.906. The number of aromatic nitrogens is 3. The molecule has 0 saturated carbocycles. The zero-order valence-corrected chi connectivity index (χ0v) is 14.8. The van der Waals surface area contributed by atoms with Gasteiger partial charge in [0.15, 0.2) is 0 Å². The van der Waals surface area contributed by atoms with E-state index in [1.165, 1.54) is 0 Å². The number of fused-ring (bicyclic) bond motifs is 3. The second-order valence-corrected chi connectivity index (χ2v) is 7.50. The average Bonchev–Trinajstić information content (AvgIpc) is 3.18. The predicted octanol–water partition coefficient (Wildman–Crippen LogP) is 2.88. The first-order valence-corrected chi connectivity index (χ1v) is 9.23. The van der Waals surface area contributed by atoms with Crippen LogP contribution in [0.2, 0.25) is 0 Å². The summed E-state index contributed by atoms with van der Waals surface area (Å²) in [5, 5.41) is 5.69. The van der Waals surface area contributed by atoms with Gasteiger partial charge in [0, 0.05) is 37.0 Å².